The first-order valence-electron chi connectivity index (χ1n) is 9.70. The van der Waals surface area contributed by atoms with E-state index in [1.54, 1.807) is 23.4 Å². The quantitative estimate of drug-likeness (QED) is 0.407. The Balaban J connectivity index is 1.56. The SMILES string of the molecule is CCOC(=O)c1cnc2c(c(C)nn2Cc2cn(Cc3ccc(OC)cc3)nn2)c1Cl. The van der Waals surface area contributed by atoms with Gasteiger partial charge in [0, 0.05) is 6.20 Å². The molecule has 0 bridgehead atoms. The molecule has 31 heavy (non-hydrogen) atoms. The van der Waals surface area contributed by atoms with Gasteiger partial charge in [-0.2, -0.15) is 5.10 Å². The van der Waals surface area contributed by atoms with Gasteiger partial charge in [-0.1, -0.05) is 28.9 Å². The number of aryl methyl sites for hydroxylation is 1. The summed E-state index contributed by atoms with van der Waals surface area (Å²) >= 11 is 6.47. The molecular formula is C21H21ClN6O3. The van der Waals surface area contributed by atoms with Crippen molar-refractivity contribution >= 4 is 28.6 Å². The Kier molecular flexibility index (Phi) is 5.85. The topological polar surface area (TPSA) is 97.0 Å². The van der Waals surface area contributed by atoms with Crippen LogP contribution in [0, 0.1) is 6.92 Å². The fourth-order valence-electron chi connectivity index (χ4n) is 3.30. The van der Waals surface area contributed by atoms with E-state index in [1.165, 1.54) is 6.20 Å². The van der Waals surface area contributed by atoms with Crippen molar-refractivity contribution in [2.75, 3.05) is 13.7 Å². The van der Waals surface area contributed by atoms with Crippen molar-refractivity contribution in [2.45, 2.75) is 26.9 Å². The van der Waals surface area contributed by atoms with Gasteiger partial charge in [0.25, 0.3) is 0 Å². The van der Waals surface area contributed by atoms with Crippen molar-refractivity contribution in [1.82, 2.24) is 29.8 Å². The number of halogens is 1. The van der Waals surface area contributed by atoms with Crippen LogP contribution < -0.4 is 4.74 Å². The molecule has 0 N–H and O–H groups in total. The molecule has 3 heterocycles. The predicted octanol–water partition coefficient (Wildman–Crippen LogP) is 3.27. The minimum absolute atomic E-state index is 0.226. The second kappa shape index (κ2) is 8.73. The monoisotopic (exact) mass is 440 g/mol. The third-order valence-electron chi connectivity index (χ3n) is 4.77. The summed E-state index contributed by atoms with van der Waals surface area (Å²) < 4.78 is 13.7. The molecule has 1 aromatic carbocycles. The van der Waals surface area contributed by atoms with E-state index < -0.39 is 5.97 Å². The van der Waals surface area contributed by atoms with Crippen molar-refractivity contribution in [2.24, 2.45) is 0 Å². The van der Waals surface area contributed by atoms with E-state index in [4.69, 9.17) is 21.1 Å². The number of rotatable bonds is 7. The molecule has 0 saturated carbocycles. The molecular weight excluding hydrogens is 420 g/mol. The highest BCUT2D eigenvalue weighted by atomic mass is 35.5. The van der Waals surface area contributed by atoms with E-state index in [0.29, 0.717) is 29.8 Å². The number of nitrogens with zero attached hydrogens (tertiary/aromatic N) is 6. The van der Waals surface area contributed by atoms with Gasteiger partial charge in [-0.3, -0.25) is 0 Å². The summed E-state index contributed by atoms with van der Waals surface area (Å²) in [6, 6.07) is 7.78. The van der Waals surface area contributed by atoms with Crippen molar-refractivity contribution in [3.8, 4) is 5.75 Å². The fourth-order valence-corrected chi connectivity index (χ4v) is 3.64. The van der Waals surface area contributed by atoms with Crippen LogP contribution >= 0.6 is 11.6 Å². The normalized spacial score (nSPS) is 11.1. The van der Waals surface area contributed by atoms with E-state index in [1.807, 2.05) is 37.4 Å². The number of hydrogen-bond acceptors (Lipinski definition) is 7. The number of carbonyl (C=O) groups excluding carboxylic acids is 1. The second-order valence-electron chi connectivity index (χ2n) is 6.90. The largest absolute Gasteiger partial charge is 0.497 e. The molecule has 4 aromatic rings. The number of benzene rings is 1. The second-order valence-corrected chi connectivity index (χ2v) is 7.28. The summed E-state index contributed by atoms with van der Waals surface area (Å²) in [7, 11) is 1.64. The van der Waals surface area contributed by atoms with Gasteiger partial charge in [0.05, 0.1) is 54.7 Å². The molecule has 4 rings (SSSR count). The lowest BCUT2D eigenvalue weighted by atomic mass is 10.2. The number of fused-ring (bicyclic) bond motifs is 1. The Hall–Kier alpha value is -3.46. The van der Waals surface area contributed by atoms with Crippen LogP contribution in [0.15, 0.2) is 36.7 Å². The molecule has 3 aromatic heterocycles. The summed E-state index contributed by atoms with van der Waals surface area (Å²) in [5.41, 5.74) is 3.27. The smallest absolute Gasteiger partial charge is 0.341 e. The Morgan fingerprint density at radius 3 is 2.68 bits per heavy atom. The number of ether oxygens (including phenoxy) is 2. The van der Waals surface area contributed by atoms with Crippen molar-refractivity contribution < 1.29 is 14.3 Å². The first kappa shape index (κ1) is 20.8. The molecule has 0 saturated heterocycles. The average molecular weight is 441 g/mol. The van der Waals surface area contributed by atoms with Crippen LogP contribution in [0.1, 0.15) is 34.2 Å². The highest BCUT2D eigenvalue weighted by Gasteiger charge is 2.20. The zero-order chi connectivity index (χ0) is 22.0. The van der Waals surface area contributed by atoms with Crippen LogP contribution in [0.4, 0.5) is 0 Å². The maximum atomic E-state index is 12.1. The number of hydrogen-bond donors (Lipinski definition) is 0. The lowest BCUT2D eigenvalue weighted by Gasteiger charge is -2.05. The van der Waals surface area contributed by atoms with Crippen LogP contribution in [0.5, 0.6) is 5.75 Å². The maximum absolute atomic E-state index is 12.1. The summed E-state index contributed by atoms with van der Waals surface area (Å²) in [5.74, 6) is 0.303. The van der Waals surface area contributed by atoms with Crippen LogP contribution in [0.25, 0.3) is 11.0 Å². The van der Waals surface area contributed by atoms with Crippen molar-refractivity contribution in [3.05, 3.63) is 64.2 Å². The Morgan fingerprint density at radius 1 is 1.19 bits per heavy atom. The van der Waals surface area contributed by atoms with Gasteiger partial charge in [-0.15, -0.1) is 5.10 Å². The van der Waals surface area contributed by atoms with Gasteiger partial charge in [-0.05, 0) is 31.5 Å². The van der Waals surface area contributed by atoms with Crippen molar-refractivity contribution in [3.63, 3.8) is 0 Å². The number of carbonyl (C=O) groups is 1. The molecule has 10 heteroatoms. The zero-order valence-corrected chi connectivity index (χ0v) is 18.1. The Labute approximate surface area is 183 Å². The van der Waals surface area contributed by atoms with E-state index >= 15 is 0 Å². The van der Waals surface area contributed by atoms with Gasteiger partial charge in [0.1, 0.15) is 11.4 Å². The lowest BCUT2D eigenvalue weighted by molar-refractivity contribution is 0.0526. The van der Waals surface area contributed by atoms with E-state index in [9.17, 15) is 4.79 Å². The molecule has 9 nitrogen and oxygen atoms in total. The standard InChI is InChI=1S/C21H21ClN6O3/c1-4-31-21(29)17-9-23-20-18(19(17)22)13(2)25-28(20)12-15-11-27(26-24-15)10-14-5-7-16(30-3)8-6-14/h5-9,11H,4,10,12H2,1-3H3. The minimum atomic E-state index is -0.504. The summed E-state index contributed by atoms with van der Waals surface area (Å²) in [5, 5.41) is 13.9. The number of pyridine rings is 1. The molecule has 0 amide bonds. The minimum Gasteiger partial charge on any atom is -0.497 e. The van der Waals surface area contributed by atoms with Gasteiger partial charge in [0.2, 0.25) is 0 Å². The zero-order valence-electron chi connectivity index (χ0n) is 17.4. The van der Waals surface area contributed by atoms with Gasteiger partial charge in [-0.25, -0.2) is 19.1 Å². The third-order valence-corrected chi connectivity index (χ3v) is 5.16. The molecule has 0 aliphatic carbocycles. The van der Waals surface area contributed by atoms with Crippen LogP contribution in [0.3, 0.4) is 0 Å². The fraction of sp³-hybridized carbons (Fsp3) is 0.286. The summed E-state index contributed by atoms with van der Waals surface area (Å²) in [6.07, 6.45) is 3.28. The molecule has 0 spiro atoms. The van der Waals surface area contributed by atoms with E-state index in [2.05, 4.69) is 20.4 Å². The third kappa shape index (κ3) is 4.22. The molecule has 0 fully saturated rings. The van der Waals surface area contributed by atoms with Crippen LogP contribution in [0.2, 0.25) is 5.02 Å². The lowest BCUT2D eigenvalue weighted by Crippen LogP contribution is -2.07. The van der Waals surface area contributed by atoms with Gasteiger partial charge < -0.3 is 9.47 Å². The highest BCUT2D eigenvalue weighted by Crippen LogP contribution is 2.29. The van der Waals surface area contributed by atoms with Gasteiger partial charge in [0.15, 0.2) is 5.65 Å². The summed E-state index contributed by atoms with van der Waals surface area (Å²) in [4.78, 5) is 16.5. The molecule has 0 aliphatic heterocycles. The van der Waals surface area contributed by atoms with Gasteiger partial charge >= 0.3 is 5.97 Å². The van der Waals surface area contributed by atoms with Crippen LogP contribution in [-0.4, -0.2) is 49.4 Å². The molecule has 0 radical (unpaired) electrons. The number of methoxy groups -OCH3 is 1. The number of esters is 1. The van der Waals surface area contributed by atoms with Crippen molar-refractivity contribution in [1.29, 1.82) is 0 Å². The predicted molar refractivity (Wildman–Crippen MR) is 114 cm³/mol. The first-order valence-corrected chi connectivity index (χ1v) is 10.1. The molecule has 0 atom stereocenters. The Bertz CT molecular complexity index is 1230. The molecule has 0 unspecified atom stereocenters. The van der Waals surface area contributed by atoms with E-state index in [-0.39, 0.29) is 17.2 Å². The number of aromatic nitrogens is 6. The highest BCUT2D eigenvalue weighted by molar-refractivity contribution is 6.38. The first-order chi connectivity index (χ1) is 15.0. The maximum Gasteiger partial charge on any atom is 0.341 e. The molecule has 0 aliphatic rings. The van der Waals surface area contributed by atoms with Crippen LogP contribution in [-0.2, 0) is 17.8 Å². The van der Waals surface area contributed by atoms with E-state index in [0.717, 1.165) is 17.0 Å². The molecule has 160 valence electrons. The Morgan fingerprint density at radius 2 is 1.97 bits per heavy atom. The summed E-state index contributed by atoms with van der Waals surface area (Å²) in [6.45, 7) is 4.78. The average Bonchev–Trinajstić information content (AvgIpc) is 3.33.